The zero-order chi connectivity index (χ0) is 13.7. The summed E-state index contributed by atoms with van der Waals surface area (Å²) < 4.78 is 5.17. The number of benzene rings is 1. The van der Waals surface area contributed by atoms with Crippen LogP contribution in [0.5, 0.6) is 5.75 Å². The van der Waals surface area contributed by atoms with Crippen LogP contribution in [0, 0.1) is 0 Å². The molecule has 0 bridgehead atoms. The van der Waals surface area contributed by atoms with Crippen molar-refractivity contribution in [2.45, 2.75) is 19.4 Å². The Balaban J connectivity index is 2.17. The molecule has 4 heteroatoms. The topological polar surface area (TPSA) is 34.2 Å². The quantitative estimate of drug-likeness (QED) is 0.827. The van der Waals surface area contributed by atoms with Gasteiger partial charge in [0.15, 0.2) is 5.15 Å². The number of ether oxygens (including phenoxy) is 1. The molecular formula is C15H17ClN2O. The van der Waals surface area contributed by atoms with E-state index in [4.69, 9.17) is 16.3 Å². The van der Waals surface area contributed by atoms with Crippen LogP contribution >= 0.6 is 11.6 Å². The number of rotatable bonds is 5. The number of methoxy groups -OCH3 is 1. The molecule has 0 aliphatic heterocycles. The maximum atomic E-state index is 6.07. The number of nitrogens with zero attached hydrogens (tertiary/aromatic N) is 1. The molecule has 1 atom stereocenters. The van der Waals surface area contributed by atoms with Gasteiger partial charge >= 0.3 is 0 Å². The van der Waals surface area contributed by atoms with Crippen molar-refractivity contribution < 1.29 is 4.74 Å². The smallest absolute Gasteiger partial charge is 0.152 e. The van der Waals surface area contributed by atoms with Gasteiger partial charge in [0.05, 0.1) is 18.8 Å². The minimum Gasteiger partial charge on any atom is -0.497 e. The third-order valence-corrected chi connectivity index (χ3v) is 3.32. The van der Waals surface area contributed by atoms with Gasteiger partial charge in [0.2, 0.25) is 0 Å². The number of hydrogen-bond acceptors (Lipinski definition) is 3. The SMILES string of the molecule is CCC(Nc1cccnc1Cl)c1ccc(OC)cc1. The summed E-state index contributed by atoms with van der Waals surface area (Å²) >= 11 is 6.07. The van der Waals surface area contributed by atoms with E-state index in [1.807, 2.05) is 24.3 Å². The van der Waals surface area contributed by atoms with Crippen molar-refractivity contribution in [3.63, 3.8) is 0 Å². The maximum Gasteiger partial charge on any atom is 0.152 e. The lowest BCUT2D eigenvalue weighted by molar-refractivity contribution is 0.414. The van der Waals surface area contributed by atoms with Gasteiger partial charge in [0, 0.05) is 6.20 Å². The molecule has 0 fully saturated rings. The zero-order valence-corrected chi connectivity index (χ0v) is 11.8. The van der Waals surface area contributed by atoms with Crippen molar-refractivity contribution in [2.75, 3.05) is 12.4 Å². The van der Waals surface area contributed by atoms with Gasteiger partial charge in [-0.1, -0.05) is 30.7 Å². The third kappa shape index (κ3) is 3.38. The predicted molar refractivity (Wildman–Crippen MR) is 78.9 cm³/mol. The number of hydrogen-bond donors (Lipinski definition) is 1. The van der Waals surface area contributed by atoms with Gasteiger partial charge in [-0.2, -0.15) is 0 Å². The van der Waals surface area contributed by atoms with Crippen molar-refractivity contribution in [2.24, 2.45) is 0 Å². The highest BCUT2D eigenvalue weighted by Gasteiger charge is 2.11. The monoisotopic (exact) mass is 276 g/mol. The molecule has 19 heavy (non-hydrogen) atoms. The Labute approximate surface area is 118 Å². The summed E-state index contributed by atoms with van der Waals surface area (Å²) in [5.74, 6) is 0.859. The van der Waals surface area contributed by atoms with Crippen LogP contribution in [0.3, 0.4) is 0 Å². The molecule has 3 nitrogen and oxygen atoms in total. The van der Waals surface area contributed by atoms with Gasteiger partial charge in [0.1, 0.15) is 5.75 Å². The molecule has 0 aliphatic carbocycles. The standard InChI is InChI=1S/C15H17ClN2O/c1-3-13(11-6-8-12(19-2)9-7-11)18-14-5-4-10-17-15(14)16/h4-10,13,18H,3H2,1-2H3. The maximum absolute atomic E-state index is 6.07. The van der Waals surface area contributed by atoms with Gasteiger partial charge in [0.25, 0.3) is 0 Å². The highest BCUT2D eigenvalue weighted by Crippen LogP contribution is 2.27. The van der Waals surface area contributed by atoms with Gasteiger partial charge in [-0.05, 0) is 36.2 Å². The van der Waals surface area contributed by atoms with Crippen LogP contribution in [0.4, 0.5) is 5.69 Å². The Kier molecular flexibility index (Phi) is 4.63. The number of nitrogens with one attached hydrogen (secondary N) is 1. The summed E-state index contributed by atoms with van der Waals surface area (Å²) in [5, 5.41) is 3.91. The second-order valence-electron chi connectivity index (χ2n) is 4.22. The Morgan fingerprint density at radius 1 is 1.26 bits per heavy atom. The van der Waals surface area contributed by atoms with Crippen molar-refractivity contribution in [3.05, 3.63) is 53.3 Å². The number of anilines is 1. The molecule has 100 valence electrons. The van der Waals surface area contributed by atoms with Crippen LogP contribution in [0.15, 0.2) is 42.6 Å². The molecule has 2 aromatic rings. The number of halogens is 1. The van der Waals surface area contributed by atoms with Crippen molar-refractivity contribution in [1.82, 2.24) is 4.98 Å². The highest BCUT2D eigenvalue weighted by atomic mass is 35.5. The molecular weight excluding hydrogens is 260 g/mol. The lowest BCUT2D eigenvalue weighted by atomic mass is 10.0. The highest BCUT2D eigenvalue weighted by molar-refractivity contribution is 6.31. The normalized spacial score (nSPS) is 11.9. The number of pyridine rings is 1. The van der Waals surface area contributed by atoms with Crippen LogP contribution in [0.25, 0.3) is 0 Å². The summed E-state index contributed by atoms with van der Waals surface area (Å²) in [4.78, 5) is 4.07. The summed E-state index contributed by atoms with van der Waals surface area (Å²) in [7, 11) is 1.67. The van der Waals surface area contributed by atoms with Gasteiger partial charge < -0.3 is 10.1 Å². The minimum absolute atomic E-state index is 0.201. The Hall–Kier alpha value is -1.74. The molecule has 2 rings (SSSR count). The summed E-state index contributed by atoms with van der Waals surface area (Å²) in [5.41, 5.74) is 2.05. The van der Waals surface area contributed by atoms with Crippen LogP contribution in [0.2, 0.25) is 5.15 Å². The van der Waals surface area contributed by atoms with Gasteiger partial charge in [-0.25, -0.2) is 4.98 Å². The van der Waals surface area contributed by atoms with E-state index in [2.05, 4.69) is 29.4 Å². The van der Waals surface area contributed by atoms with Crippen molar-refractivity contribution >= 4 is 17.3 Å². The fourth-order valence-electron chi connectivity index (χ4n) is 1.94. The molecule has 1 aromatic heterocycles. The molecule has 0 radical (unpaired) electrons. The van der Waals surface area contributed by atoms with E-state index in [-0.39, 0.29) is 6.04 Å². The van der Waals surface area contributed by atoms with Crippen LogP contribution in [-0.2, 0) is 0 Å². The van der Waals surface area contributed by atoms with Gasteiger partial charge in [-0.3, -0.25) is 0 Å². The molecule has 0 saturated heterocycles. The summed E-state index contributed by atoms with van der Waals surface area (Å²) in [6.45, 7) is 2.13. The molecule has 0 spiro atoms. The first-order valence-electron chi connectivity index (χ1n) is 6.25. The first kappa shape index (κ1) is 13.7. The van der Waals surface area contributed by atoms with E-state index in [1.165, 1.54) is 5.56 Å². The van der Waals surface area contributed by atoms with E-state index in [0.717, 1.165) is 17.9 Å². The van der Waals surface area contributed by atoms with E-state index >= 15 is 0 Å². The van der Waals surface area contributed by atoms with E-state index < -0.39 is 0 Å². The van der Waals surface area contributed by atoms with Crippen molar-refractivity contribution in [3.8, 4) is 5.75 Å². The largest absolute Gasteiger partial charge is 0.497 e. The van der Waals surface area contributed by atoms with E-state index in [9.17, 15) is 0 Å². The number of aromatic nitrogens is 1. The second-order valence-corrected chi connectivity index (χ2v) is 4.58. The molecule has 1 unspecified atom stereocenters. The van der Waals surface area contributed by atoms with Crippen LogP contribution in [0.1, 0.15) is 24.9 Å². The molecule has 0 saturated carbocycles. The van der Waals surface area contributed by atoms with Crippen LogP contribution in [-0.4, -0.2) is 12.1 Å². The summed E-state index contributed by atoms with van der Waals surface area (Å²) in [6, 6.07) is 12.0. The van der Waals surface area contributed by atoms with Crippen LogP contribution < -0.4 is 10.1 Å². The fourth-order valence-corrected chi connectivity index (χ4v) is 2.11. The second kappa shape index (κ2) is 6.43. The Bertz CT molecular complexity index is 528. The molecule has 1 aromatic carbocycles. The molecule has 1 N–H and O–H groups in total. The molecule has 1 heterocycles. The van der Waals surface area contributed by atoms with Crippen molar-refractivity contribution in [1.29, 1.82) is 0 Å². The first-order chi connectivity index (χ1) is 9.24. The fraction of sp³-hybridized carbons (Fsp3) is 0.267. The van der Waals surface area contributed by atoms with Gasteiger partial charge in [-0.15, -0.1) is 0 Å². The Morgan fingerprint density at radius 3 is 2.58 bits per heavy atom. The molecule has 0 amide bonds. The molecule has 0 aliphatic rings. The lowest BCUT2D eigenvalue weighted by Crippen LogP contribution is -2.10. The van der Waals surface area contributed by atoms with E-state index in [0.29, 0.717) is 5.15 Å². The zero-order valence-electron chi connectivity index (χ0n) is 11.1. The average Bonchev–Trinajstić information content (AvgIpc) is 2.47. The lowest BCUT2D eigenvalue weighted by Gasteiger charge is -2.19. The predicted octanol–water partition coefficient (Wildman–Crippen LogP) is 4.31. The third-order valence-electron chi connectivity index (χ3n) is 3.02. The first-order valence-corrected chi connectivity index (χ1v) is 6.63. The average molecular weight is 277 g/mol. The Morgan fingerprint density at radius 2 is 2.00 bits per heavy atom. The van der Waals surface area contributed by atoms with E-state index in [1.54, 1.807) is 13.3 Å². The minimum atomic E-state index is 0.201. The summed E-state index contributed by atoms with van der Waals surface area (Å²) in [6.07, 6.45) is 2.64.